The van der Waals surface area contributed by atoms with Gasteiger partial charge in [0.15, 0.2) is 6.04 Å². The molecule has 0 aromatic heterocycles. The van der Waals surface area contributed by atoms with Gasteiger partial charge in [-0.3, -0.25) is 9.59 Å². The Morgan fingerprint density at radius 3 is 2.32 bits per heavy atom. The first-order chi connectivity index (χ1) is 17.4. The maximum absolute atomic E-state index is 13.8. The number of aryl methyl sites for hydroxylation is 1. The van der Waals surface area contributed by atoms with Crippen LogP contribution in [-0.4, -0.2) is 64.1 Å². The zero-order valence-electron chi connectivity index (χ0n) is 22.8. The number of imide groups is 1. The third-order valence-corrected chi connectivity index (χ3v) is 6.76. The molecule has 0 unspecified atom stereocenters. The predicted molar refractivity (Wildman–Crippen MR) is 140 cm³/mol. The van der Waals surface area contributed by atoms with E-state index in [1.807, 2.05) is 44.2 Å². The van der Waals surface area contributed by atoms with Crippen LogP contribution in [0.5, 0.6) is 0 Å². The number of amides is 4. The van der Waals surface area contributed by atoms with Gasteiger partial charge in [0.05, 0.1) is 0 Å². The molecule has 9 nitrogen and oxygen atoms in total. The van der Waals surface area contributed by atoms with E-state index in [0.717, 1.165) is 15.6 Å². The van der Waals surface area contributed by atoms with Crippen molar-refractivity contribution < 1.29 is 23.9 Å². The summed E-state index contributed by atoms with van der Waals surface area (Å²) in [5, 5.41) is 8.05. The fourth-order valence-corrected chi connectivity index (χ4v) is 4.80. The summed E-state index contributed by atoms with van der Waals surface area (Å²) in [6, 6.07) is 8.09. The van der Waals surface area contributed by atoms with Crippen molar-refractivity contribution in [2.24, 2.45) is 5.92 Å². The molecule has 0 bridgehead atoms. The average Bonchev–Trinajstić information content (AvgIpc) is 3.05. The molecule has 1 aromatic rings. The Balaban J connectivity index is 1.94. The van der Waals surface area contributed by atoms with Crippen LogP contribution in [0.3, 0.4) is 0 Å². The fourth-order valence-electron chi connectivity index (χ4n) is 4.80. The molecule has 1 atom stereocenters. The van der Waals surface area contributed by atoms with Gasteiger partial charge in [-0.2, -0.15) is 5.01 Å². The van der Waals surface area contributed by atoms with Gasteiger partial charge in [0, 0.05) is 6.42 Å². The molecular weight excluding hydrogens is 472 g/mol. The van der Waals surface area contributed by atoms with Gasteiger partial charge in [0.25, 0.3) is 5.91 Å². The number of benzene rings is 1. The van der Waals surface area contributed by atoms with Crippen molar-refractivity contribution in [3.8, 4) is 0 Å². The van der Waals surface area contributed by atoms with Crippen LogP contribution < -0.4 is 10.6 Å². The van der Waals surface area contributed by atoms with E-state index in [2.05, 4.69) is 10.6 Å². The second-order valence-corrected chi connectivity index (χ2v) is 11.5. The van der Waals surface area contributed by atoms with Crippen LogP contribution in [0.25, 0.3) is 0 Å². The van der Waals surface area contributed by atoms with E-state index in [0.29, 0.717) is 45.2 Å². The van der Waals surface area contributed by atoms with E-state index < -0.39 is 41.0 Å². The molecule has 9 heteroatoms. The predicted octanol–water partition coefficient (Wildman–Crippen LogP) is 3.57. The van der Waals surface area contributed by atoms with Gasteiger partial charge in [0.2, 0.25) is 5.91 Å². The Kier molecular flexibility index (Phi) is 9.34. The van der Waals surface area contributed by atoms with E-state index in [1.54, 1.807) is 20.8 Å². The highest BCUT2D eigenvalue weighted by atomic mass is 16.6. The van der Waals surface area contributed by atoms with E-state index >= 15 is 0 Å². The highest BCUT2D eigenvalue weighted by molar-refractivity contribution is 6.08. The van der Waals surface area contributed by atoms with Crippen molar-refractivity contribution in [1.29, 1.82) is 0 Å². The number of nitrogens with one attached hydrogen (secondary N) is 2. The highest BCUT2D eigenvalue weighted by Gasteiger charge is 2.56. The van der Waals surface area contributed by atoms with Crippen LogP contribution in [0.15, 0.2) is 30.3 Å². The van der Waals surface area contributed by atoms with Crippen molar-refractivity contribution in [2.75, 3.05) is 13.1 Å². The monoisotopic (exact) mass is 514 g/mol. The molecule has 1 spiro atoms. The van der Waals surface area contributed by atoms with E-state index in [9.17, 15) is 19.2 Å². The Labute approximate surface area is 220 Å². The van der Waals surface area contributed by atoms with Gasteiger partial charge in [-0.1, -0.05) is 44.2 Å². The van der Waals surface area contributed by atoms with Crippen LogP contribution in [0.2, 0.25) is 0 Å². The van der Waals surface area contributed by atoms with Crippen molar-refractivity contribution in [1.82, 2.24) is 20.7 Å². The molecule has 4 amide bonds. The fraction of sp³-hybridized carbons (Fsp3) is 0.643. The van der Waals surface area contributed by atoms with Crippen LogP contribution in [0, 0.1) is 5.92 Å². The molecule has 37 heavy (non-hydrogen) atoms. The Morgan fingerprint density at radius 2 is 1.73 bits per heavy atom. The van der Waals surface area contributed by atoms with Crippen LogP contribution >= 0.6 is 0 Å². The maximum Gasteiger partial charge on any atom is 0.344 e. The summed E-state index contributed by atoms with van der Waals surface area (Å²) in [4.78, 5) is 54.2. The van der Waals surface area contributed by atoms with E-state index in [4.69, 9.17) is 4.74 Å². The third kappa shape index (κ3) is 7.31. The second kappa shape index (κ2) is 12.1. The van der Waals surface area contributed by atoms with Gasteiger partial charge >= 0.3 is 12.0 Å². The first-order valence-electron chi connectivity index (χ1n) is 13.4. The Hall–Kier alpha value is -2.94. The number of piperidine rings is 1. The molecule has 204 valence electrons. The number of rotatable bonds is 10. The number of carbonyl (C=O) groups excluding carboxylic acids is 4. The number of ether oxygens (including phenoxy) is 1. The summed E-state index contributed by atoms with van der Waals surface area (Å²) in [6.45, 7) is 10.4. The third-order valence-electron chi connectivity index (χ3n) is 6.76. The lowest BCUT2D eigenvalue weighted by Gasteiger charge is -2.37. The molecule has 1 aromatic carbocycles. The van der Waals surface area contributed by atoms with Crippen LogP contribution in [0.1, 0.15) is 78.7 Å². The summed E-state index contributed by atoms with van der Waals surface area (Å²) >= 11 is 0. The first kappa shape index (κ1) is 28.6. The summed E-state index contributed by atoms with van der Waals surface area (Å²) in [5.74, 6) is -1.29. The lowest BCUT2D eigenvalue weighted by atomic mass is 9.88. The van der Waals surface area contributed by atoms with Crippen molar-refractivity contribution >= 4 is 23.8 Å². The van der Waals surface area contributed by atoms with Crippen LogP contribution in [0.4, 0.5) is 4.79 Å². The van der Waals surface area contributed by atoms with Gasteiger partial charge in [-0.25, -0.2) is 14.6 Å². The second-order valence-electron chi connectivity index (χ2n) is 11.5. The Morgan fingerprint density at radius 1 is 1.08 bits per heavy atom. The molecule has 2 saturated heterocycles. The summed E-state index contributed by atoms with van der Waals surface area (Å²) in [5.41, 5.74) is -0.761. The van der Waals surface area contributed by atoms with E-state index in [1.165, 1.54) is 0 Å². The Bertz CT molecular complexity index is 967. The number of hydrogen-bond acceptors (Lipinski definition) is 6. The molecular formula is C28H42N4O5. The smallest absolute Gasteiger partial charge is 0.344 e. The molecule has 2 N–H and O–H groups in total. The van der Waals surface area contributed by atoms with Gasteiger partial charge in [-0.15, -0.1) is 0 Å². The molecule has 2 heterocycles. The summed E-state index contributed by atoms with van der Waals surface area (Å²) in [6.07, 6.45) is 3.04. The largest absolute Gasteiger partial charge is 0.458 e. The van der Waals surface area contributed by atoms with Gasteiger partial charge in [-0.05, 0) is 83.9 Å². The number of urea groups is 1. The molecule has 2 aliphatic heterocycles. The minimum Gasteiger partial charge on any atom is -0.458 e. The van der Waals surface area contributed by atoms with Gasteiger partial charge < -0.3 is 15.4 Å². The maximum atomic E-state index is 13.8. The zero-order valence-corrected chi connectivity index (χ0v) is 22.8. The molecule has 0 radical (unpaired) electrons. The molecule has 3 rings (SSSR count). The number of hydrazine groups is 1. The number of esters is 1. The number of hydrogen-bond donors (Lipinski definition) is 2. The quantitative estimate of drug-likeness (QED) is 0.365. The summed E-state index contributed by atoms with van der Waals surface area (Å²) < 4.78 is 5.71. The minimum absolute atomic E-state index is 0.112. The summed E-state index contributed by atoms with van der Waals surface area (Å²) in [7, 11) is 0. The molecule has 2 aliphatic rings. The highest BCUT2D eigenvalue weighted by Crippen LogP contribution is 2.31. The van der Waals surface area contributed by atoms with Crippen molar-refractivity contribution in [2.45, 2.75) is 96.7 Å². The van der Waals surface area contributed by atoms with Crippen LogP contribution in [-0.2, 0) is 25.5 Å². The molecule has 0 saturated carbocycles. The first-order valence-corrected chi connectivity index (χ1v) is 13.4. The number of nitrogens with zero attached hydrogens (tertiary/aromatic N) is 2. The minimum atomic E-state index is -1.10. The zero-order chi connectivity index (χ0) is 27.2. The van der Waals surface area contributed by atoms with E-state index in [-0.39, 0.29) is 18.8 Å². The number of carbonyl (C=O) groups is 4. The lowest BCUT2D eigenvalue weighted by Crippen LogP contribution is -2.60. The average molecular weight is 515 g/mol. The topological polar surface area (TPSA) is 108 Å². The SMILES string of the molecule is CC(C)CCC(=O)N([C@@H](CCCc1ccccc1)C(=O)OC(C)(C)C)N1C(=O)NC2(CCNCC2)C1=O. The normalized spacial score (nSPS) is 18.2. The molecule has 2 fully saturated rings. The standard InChI is InChI=1S/C28H42N4O5/c1-20(2)14-15-23(33)31(32-25(35)28(30-26(32)36)16-18-29-19-17-28)22(24(34)37-27(3,4)5)13-9-12-21-10-7-6-8-11-21/h6-8,10-11,20,22,29H,9,12-19H2,1-5H3,(H,30,36)/t22-/m0/s1. The molecule has 0 aliphatic carbocycles. The van der Waals surface area contributed by atoms with Gasteiger partial charge in [0.1, 0.15) is 11.1 Å². The van der Waals surface area contributed by atoms with Crippen molar-refractivity contribution in [3.63, 3.8) is 0 Å². The van der Waals surface area contributed by atoms with Crippen molar-refractivity contribution in [3.05, 3.63) is 35.9 Å². The lowest BCUT2D eigenvalue weighted by molar-refractivity contribution is -0.178.